The molecule has 4 aliphatic rings. The van der Waals surface area contributed by atoms with Gasteiger partial charge in [0.1, 0.15) is 12.4 Å². The van der Waals surface area contributed by atoms with Crippen LogP contribution in [0.3, 0.4) is 0 Å². The molecule has 1 aromatic carbocycles. The van der Waals surface area contributed by atoms with Crippen LogP contribution in [0.4, 0.5) is 4.39 Å². The van der Waals surface area contributed by atoms with E-state index in [0.717, 1.165) is 25.7 Å². The van der Waals surface area contributed by atoms with Crippen molar-refractivity contribution in [2.45, 2.75) is 55.6 Å². The Morgan fingerprint density at radius 3 is 2.62 bits per heavy atom. The molecule has 1 aliphatic carbocycles. The standard InChI is InChI=1S/C24H29FN2O4S/c25-18-6-2-1-5-17(18)15-21-23(29)27(19-7-3-4-8-20(19)32-21)16-22(28)26-11-9-24(10-12-26)30-13-14-31-24/h1-2,5-6,15,19-20H,3-4,7-14,16H2/b21-15-. The van der Waals surface area contributed by atoms with Crippen LogP contribution in [0.15, 0.2) is 29.2 Å². The fourth-order valence-corrected chi connectivity index (χ4v) is 6.69. The molecule has 1 saturated carbocycles. The normalized spacial score (nSPS) is 28.9. The molecule has 4 fully saturated rings. The molecule has 6 nitrogen and oxygen atoms in total. The maximum atomic E-state index is 14.2. The minimum atomic E-state index is -0.529. The Morgan fingerprint density at radius 1 is 1.16 bits per heavy atom. The Labute approximate surface area is 192 Å². The average molecular weight is 461 g/mol. The van der Waals surface area contributed by atoms with Gasteiger partial charge in [-0.15, -0.1) is 11.8 Å². The molecule has 2 atom stereocenters. The summed E-state index contributed by atoms with van der Waals surface area (Å²) in [6, 6.07) is 6.53. The summed E-state index contributed by atoms with van der Waals surface area (Å²) in [6.07, 6.45) is 7.06. The third-order valence-corrected chi connectivity index (χ3v) is 8.41. The van der Waals surface area contributed by atoms with Gasteiger partial charge in [-0.2, -0.15) is 0 Å². The highest BCUT2D eigenvalue weighted by Crippen LogP contribution is 2.42. The maximum absolute atomic E-state index is 14.2. The van der Waals surface area contributed by atoms with E-state index in [0.29, 0.717) is 49.6 Å². The van der Waals surface area contributed by atoms with Crippen LogP contribution in [0.1, 0.15) is 44.1 Å². The molecule has 0 bridgehead atoms. The van der Waals surface area contributed by atoms with E-state index in [1.54, 1.807) is 40.9 Å². The number of carbonyl (C=O) groups excluding carboxylic acids is 2. The van der Waals surface area contributed by atoms with E-state index >= 15 is 0 Å². The van der Waals surface area contributed by atoms with E-state index in [1.165, 1.54) is 6.07 Å². The Bertz CT molecular complexity index is 907. The van der Waals surface area contributed by atoms with Crippen LogP contribution >= 0.6 is 11.8 Å². The van der Waals surface area contributed by atoms with E-state index < -0.39 is 5.79 Å². The van der Waals surface area contributed by atoms with E-state index in [9.17, 15) is 14.0 Å². The van der Waals surface area contributed by atoms with Crippen molar-refractivity contribution in [1.29, 1.82) is 0 Å². The van der Waals surface area contributed by atoms with Crippen LogP contribution < -0.4 is 0 Å². The van der Waals surface area contributed by atoms with Crippen LogP contribution in [-0.4, -0.2) is 71.5 Å². The van der Waals surface area contributed by atoms with Crippen molar-refractivity contribution in [3.63, 3.8) is 0 Å². The van der Waals surface area contributed by atoms with Gasteiger partial charge in [0.15, 0.2) is 5.79 Å². The summed E-state index contributed by atoms with van der Waals surface area (Å²) in [5.41, 5.74) is 0.404. The number of hydrogen-bond acceptors (Lipinski definition) is 5. The average Bonchev–Trinajstić information content (AvgIpc) is 3.26. The van der Waals surface area contributed by atoms with Crippen molar-refractivity contribution >= 4 is 29.7 Å². The van der Waals surface area contributed by atoms with Crippen molar-refractivity contribution in [3.8, 4) is 0 Å². The zero-order valence-electron chi connectivity index (χ0n) is 18.1. The van der Waals surface area contributed by atoms with Gasteiger partial charge in [0, 0.05) is 42.8 Å². The quantitative estimate of drug-likeness (QED) is 0.647. The molecule has 0 N–H and O–H groups in total. The minimum absolute atomic E-state index is 0.0346. The number of halogens is 1. The zero-order valence-corrected chi connectivity index (χ0v) is 18.9. The van der Waals surface area contributed by atoms with Gasteiger partial charge in [-0.05, 0) is 25.0 Å². The van der Waals surface area contributed by atoms with Gasteiger partial charge in [0.2, 0.25) is 5.91 Å². The predicted molar refractivity (Wildman–Crippen MR) is 120 cm³/mol. The molecule has 172 valence electrons. The summed E-state index contributed by atoms with van der Waals surface area (Å²) in [4.78, 5) is 30.7. The van der Waals surface area contributed by atoms with Crippen molar-refractivity contribution in [3.05, 3.63) is 40.6 Å². The first kappa shape index (κ1) is 21.9. The molecule has 32 heavy (non-hydrogen) atoms. The second-order valence-corrected chi connectivity index (χ2v) is 10.2. The summed E-state index contributed by atoms with van der Waals surface area (Å²) in [5, 5.41) is 0.247. The molecular weight excluding hydrogens is 431 g/mol. The monoisotopic (exact) mass is 460 g/mol. The van der Waals surface area contributed by atoms with E-state index in [-0.39, 0.29) is 35.5 Å². The van der Waals surface area contributed by atoms with E-state index in [2.05, 4.69) is 0 Å². The highest BCUT2D eigenvalue weighted by atomic mass is 32.2. The number of ether oxygens (including phenoxy) is 2. The Balaban J connectivity index is 1.32. The van der Waals surface area contributed by atoms with Gasteiger partial charge in [-0.3, -0.25) is 9.59 Å². The Kier molecular flexibility index (Phi) is 6.27. The van der Waals surface area contributed by atoms with Crippen LogP contribution in [0, 0.1) is 5.82 Å². The second kappa shape index (κ2) is 9.15. The lowest BCUT2D eigenvalue weighted by molar-refractivity contribution is -0.188. The van der Waals surface area contributed by atoms with Crippen molar-refractivity contribution in [1.82, 2.24) is 9.80 Å². The largest absolute Gasteiger partial charge is 0.347 e. The Hall–Kier alpha value is -1.90. The number of thioether (sulfide) groups is 1. The Morgan fingerprint density at radius 2 is 1.88 bits per heavy atom. The van der Waals surface area contributed by atoms with Gasteiger partial charge in [-0.1, -0.05) is 31.0 Å². The number of piperidine rings is 1. The second-order valence-electron chi connectivity index (χ2n) is 8.96. The number of nitrogens with zero attached hydrogens (tertiary/aromatic N) is 2. The SMILES string of the molecule is O=C(CN1C(=O)/C(=C/c2ccccc2F)SC2CCCCC21)N1CCC2(CC1)OCCO2. The van der Waals surface area contributed by atoms with Gasteiger partial charge in [0.25, 0.3) is 5.91 Å². The molecule has 3 heterocycles. The number of amides is 2. The first-order chi connectivity index (χ1) is 15.5. The molecule has 1 spiro atoms. The highest BCUT2D eigenvalue weighted by molar-refractivity contribution is 8.04. The molecule has 0 radical (unpaired) electrons. The lowest BCUT2D eigenvalue weighted by Crippen LogP contribution is -2.56. The van der Waals surface area contributed by atoms with Crippen LogP contribution in [0.2, 0.25) is 0 Å². The molecule has 3 aliphatic heterocycles. The summed E-state index contributed by atoms with van der Waals surface area (Å²) in [5.74, 6) is -1.07. The van der Waals surface area contributed by atoms with Gasteiger partial charge >= 0.3 is 0 Å². The summed E-state index contributed by atoms with van der Waals surface area (Å²) < 4.78 is 25.7. The molecule has 3 saturated heterocycles. The van der Waals surface area contributed by atoms with E-state index in [1.807, 2.05) is 4.90 Å². The topological polar surface area (TPSA) is 59.1 Å². The molecule has 8 heteroatoms. The molecular formula is C24H29FN2O4S. The predicted octanol–water partition coefficient (Wildman–Crippen LogP) is 3.42. The fourth-order valence-electron chi connectivity index (χ4n) is 5.22. The third-order valence-electron chi connectivity index (χ3n) is 7.01. The van der Waals surface area contributed by atoms with Crippen molar-refractivity contribution in [2.75, 3.05) is 32.8 Å². The van der Waals surface area contributed by atoms with Crippen molar-refractivity contribution < 1.29 is 23.5 Å². The third kappa shape index (κ3) is 4.32. The summed E-state index contributed by atoms with van der Waals surface area (Å²) >= 11 is 1.55. The maximum Gasteiger partial charge on any atom is 0.261 e. The molecule has 5 rings (SSSR count). The van der Waals surface area contributed by atoms with Crippen molar-refractivity contribution in [2.24, 2.45) is 0 Å². The van der Waals surface area contributed by atoms with Crippen LogP contribution in [0.5, 0.6) is 0 Å². The number of likely N-dealkylation sites (tertiary alicyclic amines) is 1. The first-order valence-electron chi connectivity index (χ1n) is 11.5. The fraction of sp³-hybridized carbons (Fsp3) is 0.583. The smallest absolute Gasteiger partial charge is 0.261 e. The number of hydrogen-bond donors (Lipinski definition) is 0. The molecule has 1 aromatic rings. The van der Waals surface area contributed by atoms with E-state index in [4.69, 9.17) is 9.47 Å². The minimum Gasteiger partial charge on any atom is -0.347 e. The number of fused-ring (bicyclic) bond motifs is 1. The molecule has 0 aromatic heterocycles. The number of benzene rings is 1. The number of rotatable bonds is 3. The van der Waals surface area contributed by atoms with Gasteiger partial charge in [-0.25, -0.2) is 4.39 Å². The van der Waals surface area contributed by atoms with Crippen LogP contribution in [0.25, 0.3) is 6.08 Å². The van der Waals surface area contributed by atoms with Crippen LogP contribution in [-0.2, 0) is 19.1 Å². The van der Waals surface area contributed by atoms with Gasteiger partial charge in [0.05, 0.1) is 18.1 Å². The zero-order chi connectivity index (χ0) is 22.1. The lowest BCUT2D eigenvalue weighted by atomic mass is 9.93. The molecule has 2 unspecified atom stereocenters. The summed E-state index contributed by atoms with van der Waals surface area (Å²) in [6.45, 7) is 2.43. The number of carbonyl (C=O) groups is 2. The van der Waals surface area contributed by atoms with Gasteiger partial charge < -0.3 is 19.3 Å². The first-order valence-corrected chi connectivity index (χ1v) is 12.4. The highest BCUT2D eigenvalue weighted by Gasteiger charge is 2.44. The summed E-state index contributed by atoms with van der Waals surface area (Å²) in [7, 11) is 0. The molecule has 2 amide bonds. The lowest BCUT2D eigenvalue weighted by Gasteiger charge is -2.45.